The lowest BCUT2D eigenvalue weighted by Crippen LogP contribution is -2.58. The van der Waals surface area contributed by atoms with Gasteiger partial charge < -0.3 is 23.7 Å². The van der Waals surface area contributed by atoms with Crippen molar-refractivity contribution in [2.45, 2.75) is 56.4 Å². The fraction of sp³-hybridized carbons (Fsp3) is 0.375. The molecule has 1 aliphatic heterocycles. The molecule has 0 radical (unpaired) electrons. The second kappa shape index (κ2) is 14.4. The van der Waals surface area contributed by atoms with Crippen molar-refractivity contribution in [3.63, 3.8) is 0 Å². The van der Waals surface area contributed by atoms with Crippen molar-refractivity contribution in [1.29, 1.82) is 0 Å². The van der Waals surface area contributed by atoms with Crippen LogP contribution in [0.4, 0.5) is 0 Å². The molecule has 0 spiro atoms. The van der Waals surface area contributed by atoms with Gasteiger partial charge in [0.15, 0.2) is 6.23 Å². The number of hydrogen-bond donors (Lipinski definition) is 1. The molecular formula is C32H35ClN2O9Si. The van der Waals surface area contributed by atoms with Crippen molar-refractivity contribution < 1.29 is 33.3 Å². The average molecular weight is 655 g/mol. The van der Waals surface area contributed by atoms with Crippen LogP contribution in [0.2, 0.25) is 19.6 Å². The molecule has 1 N–H and O–H groups in total. The molecule has 13 heteroatoms. The molecule has 1 aromatic heterocycles. The zero-order valence-corrected chi connectivity index (χ0v) is 27.2. The first kappa shape index (κ1) is 33.9. The van der Waals surface area contributed by atoms with E-state index >= 15 is 0 Å². The van der Waals surface area contributed by atoms with Crippen LogP contribution in [0, 0.1) is 11.5 Å². The van der Waals surface area contributed by atoms with E-state index < -0.39 is 54.8 Å². The predicted octanol–water partition coefficient (Wildman–Crippen LogP) is 3.18. The van der Waals surface area contributed by atoms with Crippen molar-refractivity contribution >= 4 is 31.6 Å². The minimum atomic E-state index is -2.24. The minimum Gasteiger partial charge on any atom is -0.461 e. The summed E-state index contributed by atoms with van der Waals surface area (Å²) in [5.74, 6) is 0.107. The first-order valence-electron chi connectivity index (χ1n) is 14.1. The van der Waals surface area contributed by atoms with Gasteiger partial charge in [0.2, 0.25) is 5.60 Å². The Balaban J connectivity index is 1.94. The van der Waals surface area contributed by atoms with Gasteiger partial charge in [0.05, 0.1) is 32.8 Å². The van der Waals surface area contributed by atoms with Gasteiger partial charge in [-0.15, -0.1) is 17.1 Å². The molecule has 238 valence electrons. The third kappa shape index (κ3) is 8.00. The standard InChI is InChI=1S/C32H35ClN2O9Si/c1-40-26(37)27(38)43-32(16-18-45(2,3)4)28(42-20-24-13-9-6-10-14-24)31(21-33,22-41-19-23-11-7-5-8-12-23)44-29(32)35-17-15-25(36)34-30(35)39/h5-15,17,28-29H,19-22H2,1-4H3,(H,34,36,39)/t28-,29-,31-,32+/m1/s1. The Morgan fingerprint density at radius 1 is 0.978 bits per heavy atom. The molecule has 1 saturated heterocycles. The van der Waals surface area contributed by atoms with Crippen molar-refractivity contribution in [3.8, 4) is 11.5 Å². The van der Waals surface area contributed by atoms with Crippen LogP contribution in [0.1, 0.15) is 17.4 Å². The summed E-state index contributed by atoms with van der Waals surface area (Å²) >= 11 is 6.68. The van der Waals surface area contributed by atoms with Crippen LogP contribution in [0.25, 0.3) is 0 Å². The maximum Gasteiger partial charge on any atom is 0.419 e. The second-order valence-electron chi connectivity index (χ2n) is 11.5. The lowest BCUT2D eigenvalue weighted by molar-refractivity contribution is -0.185. The van der Waals surface area contributed by atoms with E-state index in [4.69, 9.17) is 30.5 Å². The van der Waals surface area contributed by atoms with Gasteiger partial charge in [-0.3, -0.25) is 14.3 Å². The van der Waals surface area contributed by atoms with Crippen LogP contribution in [-0.4, -0.2) is 66.5 Å². The van der Waals surface area contributed by atoms with Gasteiger partial charge in [-0.05, 0) is 11.1 Å². The van der Waals surface area contributed by atoms with E-state index in [2.05, 4.69) is 21.2 Å². The van der Waals surface area contributed by atoms with Gasteiger partial charge in [-0.2, -0.15) is 0 Å². The highest BCUT2D eigenvalue weighted by Gasteiger charge is 2.68. The van der Waals surface area contributed by atoms with Crippen molar-refractivity contribution in [2.75, 3.05) is 19.6 Å². The van der Waals surface area contributed by atoms with Gasteiger partial charge in [0, 0.05) is 12.3 Å². The molecule has 2 heterocycles. The van der Waals surface area contributed by atoms with Crippen LogP contribution in [0.5, 0.6) is 0 Å². The number of alkyl halides is 1. The number of nitrogens with one attached hydrogen (secondary N) is 1. The van der Waals surface area contributed by atoms with Crippen LogP contribution in [0.3, 0.4) is 0 Å². The smallest absolute Gasteiger partial charge is 0.419 e. The molecule has 0 unspecified atom stereocenters. The van der Waals surface area contributed by atoms with Crippen LogP contribution < -0.4 is 11.2 Å². The molecule has 11 nitrogen and oxygen atoms in total. The number of aromatic nitrogens is 2. The van der Waals surface area contributed by atoms with Gasteiger partial charge in [0.25, 0.3) is 5.56 Å². The topological polar surface area (TPSA) is 135 Å². The van der Waals surface area contributed by atoms with E-state index in [0.717, 1.165) is 28.9 Å². The fourth-order valence-electron chi connectivity index (χ4n) is 4.78. The summed E-state index contributed by atoms with van der Waals surface area (Å²) in [6.45, 7) is 5.86. The van der Waals surface area contributed by atoms with E-state index in [9.17, 15) is 19.2 Å². The van der Waals surface area contributed by atoms with Crippen molar-refractivity contribution in [1.82, 2.24) is 9.55 Å². The predicted molar refractivity (Wildman–Crippen MR) is 168 cm³/mol. The van der Waals surface area contributed by atoms with Gasteiger partial charge in [-0.1, -0.05) is 86.2 Å². The number of aromatic amines is 1. The minimum absolute atomic E-state index is 0.00835. The number of halogens is 1. The summed E-state index contributed by atoms with van der Waals surface area (Å²) in [5, 5.41) is 0. The fourth-order valence-corrected chi connectivity index (χ4v) is 5.63. The van der Waals surface area contributed by atoms with E-state index in [1.54, 1.807) is 0 Å². The monoisotopic (exact) mass is 654 g/mol. The number of H-pyrrole nitrogens is 1. The molecule has 4 atom stereocenters. The molecule has 2 aromatic carbocycles. The first-order valence-corrected chi connectivity index (χ1v) is 18.1. The maximum absolute atomic E-state index is 13.2. The number of methoxy groups -OCH3 is 1. The third-order valence-corrected chi connectivity index (χ3v) is 8.20. The Kier molecular flexibility index (Phi) is 10.8. The largest absolute Gasteiger partial charge is 0.461 e. The average Bonchev–Trinajstić information content (AvgIpc) is 3.28. The number of nitrogens with zero attached hydrogens (tertiary/aromatic N) is 1. The Labute approximate surface area is 266 Å². The van der Waals surface area contributed by atoms with Gasteiger partial charge in [0.1, 0.15) is 19.8 Å². The number of rotatable bonds is 10. The Morgan fingerprint density at radius 3 is 2.16 bits per heavy atom. The Bertz CT molecular complexity index is 1660. The number of esters is 2. The highest BCUT2D eigenvalue weighted by atomic mass is 35.5. The molecule has 1 fully saturated rings. The molecule has 0 saturated carbocycles. The van der Waals surface area contributed by atoms with E-state index in [1.807, 2.05) is 80.3 Å². The molecule has 1 aliphatic rings. The quantitative estimate of drug-likeness (QED) is 0.115. The number of carbonyl (C=O) groups is 2. The van der Waals surface area contributed by atoms with E-state index in [-0.39, 0.29) is 25.7 Å². The molecule has 4 rings (SSSR count). The lowest BCUT2D eigenvalue weighted by atomic mass is 9.87. The van der Waals surface area contributed by atoms with Crippen molar-refractivity contribution in [2.24, 2.45) is 0 Å². The SMILES string of the molecule is COC(=O)C(=O)O[C@@]1(C#C[Si](C)(C)C)[C@H](OCc2ccccc2)[C@@](CCl)(COCc2ccccc2)O[C@H]1n1ccc(=O)[nH]c1=O. The summed E-state index contributed by atoms with van der Waals surface area (Å²) in [6.07, 6.45) is -1.68. The Hall–Kier alpha value is -3.99. The number of carbonyl (C=O) groups excluding carboxylic acids is 2. The lowest BCUT2D eigenvalue weighted by Gasteiger charge is -2.37. The van der Waals surface area contributed by atoms with E-state index in [0.29, 0.717) is 0 Å². The molecule has 3 aromatic rings. The summed E-state index contributed by atoms with van der Waals surface area (Å²) in [6, 6.07) is 19.7. The number of hydrogen-bond acceptors (Lipinski definition) is 9. The maximum atomic E-state index is 13.2. The summed E-state index contributed by atoms with van der Waals surface area (Å²) < 4.78 is 30.8. The van der Waals surface area contributed by atoms with Crippen LogP contribution in [0.15, 0.2) is 82.5 Å². The normalized spacial score (nSPS) is 22.7. The summed E-state index contributed by atoms with van der Waals surface area (Å²) in [4.78, 5) is 53.1. The summed E-state index contributed by atoms with van der Waals surface area (Å²) in [5.41, 5.74) is -0.434. The van der Waals surface area contributed by atoms with Crippen molar-refractivity contribution in [3.05, 3.63) is 105 Å². The molecule has 0 bridgehead atoms. The first-order chi connectivity index (χ1) is 21.4. The zero-order chi connectivity index (χ0) is 32.7. The summed E-state index contributed by atoms with van der Waals surface area (Å²) in [7, 11) is -1.21. The Morgan fingerprint density at radius 2 is 1.60 bits per heavy atom. The highest BCUT2D eigenvalue weighted by Crippen LogP contribution is 2.49. The van der Waals surface area contributed by atoms with Crippen LogP contribution in [-0.2, 0) is 46.5 Å². The molecule has 0 amide bonds. The van der Waals surface area contributed by atoms with Gasteiger partial charge in [-0.25, -0.2) is 14.4 Å². The van der Waals surface area contributed by atoms with Gasteiger partial charge >= 0.3 is 17.6 Å². The molecule has 0 aliphatic carbocycles. The second-order valence-corrected chi connectivity index (χ2v) is 16.5. The molecular weight excluding hydrogens is 620 g/mol. The zero-order valence-electron chi connectivity index (χ0n) is 25.4. The van der Waals surface area contributed by atoms with E-state index in [1.165, 1.54) is 6.20 Å². The third-order valence-electron chi connectivity index (χ3n) is 6.87. The highest BCUT2D eigenvalue weighted by molar-refractivity contribution is 6.83. The molecule has 45 heavy (non-hydrogen) atoms. The number of ether oxygens (including phenoxy) is 5. The number of benzene rings is 2. The van der Waals surface area contributed by atoms with Crippen LogP contribution >= 0.6 is 11.6 Å².